The zero-order chi connectivity index (χ0) is 32.8. The number of hydrogen-bond acceptors (Lipinski definition) is 1. The highest BCUT2D eigenvalue weighted by atomic mass is 31.2. The highest BCUT2D eigenvalue weighted by Crippen LogP contribution is 2.58. The minimum absolute atomic E-state index is 0.461. The van der Waals surface area contributed by atoms with E-state index in [4.69, 9.17) is 0 Å². The van der Waals surface area contributed by atoms with Gasteiger partial charge in [-0.3, -0.25) is 0 Å². The first kappa shape index (κ1) is 29.4. The van der Waals surface area contributed by atoms with E-state index < -0.39 is 12.6 Å². The molecule has 232 valence electrons. The van der Waals surface area contributed by atoms with Gasteiger partial charge in [-0.15, -0.1) is 0 Å². The van der Waals surface area contributed by atoms with Gasteiger partial charge in [-0.2, -0.15) is 0 Å². The maximum absolute atomic E-state index is 15.0. The number of benzene rings is 8. The van der Waals surface area contributed by atoms with Crippen LogP contribution in [0.15, 0.2) is 200 Å². The van der Waals surface area contributed by atoms with E-state index in [0.29, 0.717) is 0 Å². The molecule has 9 rings (SSSR count). The van der Waals surface area contributed by atoms with Gasteiger partial charge in [0, 0.05) is 15.9 Å². The third-order valence-corrected chi connectivity index (χ3v) is 13.3. The van der Waals surface area contributed by atoms with Crippen LogP contribution in [-0.4, -0.2) is 0 Å². The quantitative estimate of drug-likeness (QED) is 0.165. The Morgan fingerprint density at radius 3 is 1.45 bits per heavy atom. The van der Waals surface area contributed by atoms with Crippen LogP contribution >= 0.6 is 7.14 Å². The van der Waals surface area contributed by atoms with E-state index in [-0.39, 0.29) is 0 Å². The summed E-state index contributed by atoms with van der Waals surface area (Å²) in [6.07, 6.45) is 0. The molecule has 0 N–H and O–H groups in total. The van der Waals surface area contributed by atoms with Crippen LogP contribution in [0.2, 0.25) is 0 Å². The first-order valence-corrected chi connectivity index (χ1v) is 18.5. The summed E-state index contributed by atoms with van der Waals surface area (Å²) in [5.41, 5.74) is 9.41. The van der Waals surface area contributed by atoms with Crippen molar-refractivity contribution in [3.05, 3.63) is 222 Å². The van der Waals surface area contributed by atoms with Gasteiger partial charge in [-0.25, -0.2) is 0 Å². The fourth-order valence-corrected chi connectivity index (χ4v) is 10.7. The van der Waals surface area contributed by atoms with Gasteiger partial charge in [0.25, 0.3) is 0 Å². The van der Waals surface area contributed by atoms with Crippen LogP contribution in [0.3, 0.4) is 0 Å². The summed E-state index contributed by atoms with van der Waals surface area (Å²) in [6.45, 7) is 0. The molecule has 1 nitrogen and oxygen atoms in total. The second-order valence-corrected chi connectivity index (χ2v) is 15.5. The van der Waals surface area contributed by atoms with Crippen LogP contribution in [0.4, 0.5) is 0 Å². The molecule has 0 saturated carbocycles. The molecular formula is C47H33OP. The molecule has 1 aliphatic rings. The van der Waals surface area contributed by atoms with E-state index in [9.17, 15) is 0 Å². The van der Waals surface area contributed by atoms with Crippen LogP contribution in [0.5, 0.6) is 0 Å². The van der Waals surface area contributed by atoms with Crippen LogP contribution in [-0.2, 0) is 9.98 Å². The number of hydrogen-bond donors (Lipinski definition) is 0. The Labute approximate surface area is 287 Å². The summed E-state index contributed by atoms with van der Waals surface area (Å²) in [6, 6.07) is 70.3. The second kappa shape index (κ2) is 11.7. The lowest BCUT2D eigenvalue weighted by atomic mass is 9.67. The summed E-state index contributed by atoms with van der Waals surface area (Å²) in [7, 11) is -3.06. The standard InChI is InChI=1S/C47H33OP/c48-49(39-20-9-3-10-21-39,40-22-11-4-12-23-40)41-29-25-34(26-30-41)36-28-31-44-43(33-36)46-42-24-14-13-15-35(42)27-32-45(46)47(44,37-16-5-1-6-17-37)38-18-7-2-8-19-38/h1-33H. The lowest BCUT2D eigenvalue weighted by Gasteiger charge is -2.34. The average molecular weight is 645 g/mol. The molecule has 2 heteroatoms. The zero-order valence-corrected chi connectivity index (χ0v) is 27.8. The fraction of sp³-hybridized carbons (Fsp3) is 0.0213. The van der Waals surface area contributed by atoms with Crippen molar-refractivity contribution in [2.24, 2.45) is 0 Å². The summed E-state index contributed by atoms with van der Waals surface area (Å²) in [5.74, 6) is 0. The van der Waals surface area contributed by atoms with Crippen molar-refractivity contribution in [2.45, 2.75) is 5.41 Å². The third-order valence-electron chi connectivity index (χ3n) is 10.2. The molecule has 0 saturated heterocycles. The van der Waals surface area contributed by atoms with E-state index in [2.05, 4.69) is 140 Å². The first-order chi connectivity index (χ1) is 24.2. The molecule has 8 aromatic carbocycles. The van der Waals surface area contributed by atoms with Crippen molar-refractivity contribution < 1.29 is 4.57 Å². The lowest BCUT2D eigenvalue weighted by molar-refractivity contribution is 0.592. The molecule has 0 bridgehead atoms. The monoisotopic (exact) mass is 644 g/mol. The Morgan fingerprint density at radius 1 is 0.388 bits per heavy atom. The predicted octanol–water partition coefficient (Wildman–Crippen LogP) is 10.5. The molecule has 0 unspecified atom stereocenters. The molecular weight excluding hydrogens is 611 g/mol. The molecule has 0 aliphatic heterocycles. The van der Waals surface area contributed by atoms with E-state index in [0.717, 1.165) is 27.0 Å². The summed E-state index contributed by atoms with van der Waals surface area (Å²) < 4.78 is 15.0. The van der Waals surface area contributed by atoms with Gasteiger partial charge in [0.1, 0.15) is 0 Å². The maximum atomic E-state index is 15.0. The van der Waals surface area contributed by atoms with E-state index in [1.54, 1.807) is 0 Å². The first-order valence-electron chi connectivity index (χ1n) is 16.8. The zero-order valence-electron chi connectivity index (χ0n) is 26.9. The van der Waals surface area contributed by atoms with E-state index in [1.807, 2.05) is 60.7 Å². The third kappa shape index (κ3) is 4.51. The largest absolute Gasteiger partial charge is 0.309 e. The van der Waals surface area contributed by atoms with Gasteiger partial charge < -0.3 is 4.57 Å². The second-order valence-electron chi connectivity index (χ2n) is 12.8. The predicted molar refractivity (Wildman–Crippen MR) is 206 cm³/mol. The number of rotatable bonds is 6. The van der Waals surface area contributed by atoms with Gasteiger partial charge in [0.2, 0.25) is 0 Å². The smallest absolute Gasteiger partial charge is 0.171 e. The van der Waals surface area contributed by atoms with Gasteiger partial charge in [-0.05, 0) is 61.3 Å². The molecule has 0 heterocycles. The Balaban J connectivity index is 1.25. The molecule has 8 aromatic rings. The average Bonchev–Trinajstić information content (AvgIpc) is 3.50. The van der Waals surface area contributed by atoms with Crippen molar-refractivity contribution in [1.29, 1.82) is 0 Å². The van der Waals surface area contributed by atoms with Gasteiger partial charge in [-0.1, -0.05) is 194 Å². The van der Waals surface area contributed by atoms with Gasteiger partial charge >= 0.3 is 0 Å². The molecule has 49 heavy (non-hydrogen) atoms. The Kier molecular flexibility index (Phi) is 7.04. The topological polar surface area (TPSA) is 17.1 Å². The molecule has 0 aromatic heterocycles. The SMILES string of the molecule is O=P(c1ccccc1)(c1ccccc1)c1ccc(-c2ccc3c(c2)-c2c(ccc4ccccc24)C3(c2ccccc2)c2ccccc2)cc1. The minimum Gasteiger partial charge on any atom is -0.309 e. The van der Waals surface area contributed by atoms with Crippen molar-refractivity contribution in [3.8, 4) is 22.3 Å². The lowest BCUT2D eigenvalue weighted by Crippen LogP contribution is -2.28. The summed E-state index contributed by atoms with van der Waals surface area (Å²) in [4.78, 5) is 0. The molecule has 0 atom stereocenters. The molecule has 1 aliphatic carbocycles. The van der Waals surface area contributed by atoms with Crippen molar-refractivity contribution in [3.63, 3.8) is 0 Å². The summed E-state index contributed by atoms with van der Waals surface area (Å²) in [5, 5.41) is 5.00. The normalized spacial score (nSPS) is 13.1. The minimum atomic E-state index is -3.06. The maximum Gasteiger partial charge on any atom is 0.171 e. The van der Waals surface area contributed by atoms with Gasteiger partial charge in [0.15, 0.2) is 7.14 Å². The van der Waals surface area contributed by atoms with E-state index in [1.165, 1.54) is 44.2 Å². The van der Waals surface area contributed by atoms with Crippen molar-refractivity contribution in [1.82, 2.24) is 0 Å². The van der Waals surface area contributed by atoms with Crippen LogP contribution in [0, 0.1) is 0 Å². The highest BCUT2D eigenvalue weighted by Gasteiger charge is 2.46. The van der Waals surface area contributed by atoms with Crippen LogP contribution in [0.25, 0.3) is 33.0 Å². The Hall–Kier alpha value is -5.75. The van der Waals surface area contributed by atoms with Crippen molar-refractivity contribution in [2.75, 3.05) is 0 Å². The molecule has 0 spiro atoms. The van der Waals surface area contributed by atoms with E-state index >= 15 is 4.57 Å². The van der Waals surface area contributed by atoms with Gasteiger partial charge in [0.05, 0.1) is 5.41 Å². The van der Waals surface area contributed by atoms with Crippen LogP contribution < -0.4 is 15.9 Å². The number of fused-ring (bicyclic) bond motifs is 5. The fourth-order valence-electron chi connectivity index (χ4n) is 8.03. The molecule has 0 radical (unpaired) electrons. The Morgan fingerprint density at radius 2 is 0.857 bits per heavy atom. The molecule has 0 amide bonds. The van der Waals surface area contributed by atoms with Crippen molar-refractivity contribution >= 4 is 33.8 Å². The summed E-state index contributed by atoms with van der Waals surface area (Å²) >= 11 is 0. The van der Waals surface area contributed by atoms with Crippen LogP contribution in [0.1, 0.15) is 22.3 Å². The molecule has 0 fully saturated rings. The highest BCUT2D eigenvalue weighted by molar-refractivity contribution is 7.85. The Bertz CT molecular complexity index is 2400.